The van der Waals surface area contributed by atoms with Gasteiger partial charge in [-0.05, 0) is 25.0 Å². The lowest BCUT2D eigenvalue weighted by molar-refractivity contribution is -0.209. The fourth-order valence-electron chi connectivity index (χ4n) is 1.80. The monoisotopic (exact) mass is 234 g/mol. The van der Waals surface area contributed by atoms with Gasteiger partial charge in [-0.25, -0.2) is 0 Å². The van der Waals surface area contributed by atoms with Crippen LogP contribution in [0.25, 0.3) is 0 Å². The highest BCUT2D eigenvalue weighted by Gasteiger charge is 2.25. The molecule has 0 aromatic heterocycles. The quantitative estimate of drug-likeness (QED) is 0.804. The van der Waals surface area contributed by atoms with Crippen LogP contribution < -0.4 is 4.74 Å². The van der Waals surface area contributed by atoms with E-state index in [1.165, 1.54) is 0 Å². The Kier molecular flexibility index (Phi) is 4.02. The zero-order valence-corrected chi connectivity index (χ0v) is 10.3. The molecule has 1 aliphatic heterocycles. The SMILES string of the molecule is [CH]C(C)C1COC(c2cccc(OC)c2)OC1. The molecule has 1 aromatic carbocycles. The minimum absolute atomic E-state index is 0.0984. The molecule has 1 fully saturated rings. The molecule has 0 N–H and O–H groups in total. The second kappa shape index (κ2) is 5.52. The summed E-state index contributed by atoms with van der Waals surface area (Å²) < 4.78 is 16.5. The molecule has 2 rings (SSSR count). The molecule has 0 aliphatic carbocycles. The topological polar surface area (TPSA) is 27.7 Å². The maximum atomic E-state index is 5.82. The van der Waals surface area contributed by atoms with Gasteiger partial charge in [0.15, 0.2) is 6.29 Å². The number of ether oxygens (including phenoxy) is 3. The third-order valence-corrected chi connectivity index (χ3v) is 3.03. The van der Waals surface area contributed by atoms with Crippen molar-refractivity contribution in [1.29, 1.82) is 0 Å². The molecular formula is C14H18O3. The average Bonchev–Trinajstić information content (AvgIpc) is 2.39. The molecule has 1 saturated heterocycles. The van der Waals surface area contributed by atoms with E-state index in [-0.39, 0.29) is 18.1 Å². The summed E-state index contributed by atoms with van der Waals surface area (Å²) in [5.41, 5.74) is 0.979. The van der Waals surface area contributed by atoms with Crippen LogP contribution in [-0.4, -0.2) is 20.3 Å². The van der Waals surface area contributed by atoms with Crippen LogP contribution in [0.5, 0.6) is 5.75 Å². The highest BCUT2D eigenvalue weighted by molar-refractivity contribution is 5.29. The molecule has 92 valence electrons. The van der Waals surface area contributed by atoms with Gasteiger partial charge in [-0.15, -0.1) is 0 Å². The van der Waals surface area contributed by atoms with Crippen molar-refractivity contribution in [3.63, 3.8) is 0 Å². The Balaban J connectivity index is 2.00. The maximum Gasteiger partial charge on any atom is 0.183 e. The Morgan fingerprint density at radius 2 is 2.06 bits per heavy atom. The second-order valence-corrected chi connectivity index (χ2v) is 4.39. The number of benzene rings is 1. The molecular weight excluding hydrogens is 216 g/mol. The van der Waals surface area contributed by atoms with Crippen LogP contribution in [0.3, 0.4) is 0 Å². The van der Waals surface area contributed by atoms with Crippen molar-refractivity contribution < 1.29 is 14.2 Å². The second-order valence-electron chi connectivity index (χ2n) is 4.39. The fourth-order valence-corrected chi connectivity index (χ4v) is 1.80. The Morgan fingerprint density at radius 1 is 1.35 bits per heavy atom. The van der Waals surface area contributed by atoms with Crippen LogP contribution in [0, 0.1) is 18.8 Å². The van der Waals surface area contributed by atoms with Crippen LogP contribution in [0.4, 0.5) is 0 Å². The van der Waals surface area contributed by atoms with Gasteiger partial charge in [0.2, 0.25) is 0 Å². The summed E-state index contributed by atoms with van der Waals surface area (Å²) >= 11 is 0. The van der Waals surface area contributed by atoms with Crippen LogP contribution >= 0.6 is 0 Å². The van der Waals surface area contributed by atoms with Crippen molar-refractivity contribution in [2.75, 3.05) is 20.3 Å². The lowest BCUT2D eigenvalue weighted by atomic mass is 9.97. The van der Waals surface area contributed by atoms with E-state index in [4.69, 9.17) is 21.1 Å². The molecule has 1 unspecified atom stereocenters. The Morgan fingerprint density at radius 3 is 2.65 bits per heavy atom. The van der Waals surface area contributed by atoms with Crippen LogP contribution in [0.2, 0.25) is 0 Å². The van der Waals surface area contributed by atoms with Crippen molar-refractivity contribution in [3.05, 3.63) is 36.8 Å². The molecule has 17 heavy (non-hydrogen) atoms. The Hall–Kier alpha value is -1.06. The van der Waals surface area contributed by atoms with Crippen molar-refractivity contribution in [2.45, 2.75) is 13.2 Å². The summed E-state index contributed by atoms with van der Waals surface area (Å²) in [6.07, 6.45) is -0.305. The van der Waals surface area contributed by atoms with Crippen molar-refractivity contribution in [3.8, 4) is 5.75 Å². The Bertz CT molecular complexity index is 354. The van der Waals surface area contributed by atoms with Crippen LogP contribution in [-0.2, 0) is 9.47 Å². The largest absolute Gasteiger partial charge is 0.497 e. The van der Waals surface area contributed by atoms with E-state index in [1.807, 2.05) is 31.2 Å². The summed E-state index contributed by atoms with van der Waals surface area (Å²) in [6, 6.07) is 7.73. The summed E-state index contributed by atoms with van der Waals surface area (Å²) in [5, 5.41) is 0. The van der Waals surface area contributed by atoms with E-state index in [2.05, 4.69) is 0 Å². The first kappa shape index (κ1) is 12.4. The standard InChI is InChI=1S/C14H18O3/c1-10(2)12-8-16-14(17-9-12)11-5-4-6-13(7-11)15-3/h1,4-7,10,12,14H,8-9H2,2-3H3. The molecule has 0 saturated carbocycles. The van der Waals surface area contributed by atoms with Crippen LogP contribution in [0.1, 0.15) is 18.8 Å². The molecule has 3 nitrogen and oxygen atoms in total. The number of hydrogen-bond donors (Lipinski definition) is 0. The van der Waals surface area contributed by atoms with Crippen LogP contribution in [0.15, 0.2) is 24.3 Å². The fraction of sp³-hybridized carbons (Fsp3) is 0.500. The number of rotatable bonds is 3. The first-order valence-electron chi connectivity index (χ1n) is 5.83. The predicted molar refractivity (Wildman–Crippen MR) is 64.6 cm³/mol. The summed E-state index contributed by atoms with van der Waals surface area (Å²) in [7, 11) is 1.65. The first-order chi connectivity index (χ1) is 8.20. The summed E-state index contributed by atoms with van der Waals surface area (Å²) in [6.45, 7) is 9.07. The molecule has 1 aromatic rings. The van der Waals surface area contributed by atoms with Gasteiger partial charge >= 0.3 is 0 Å². The minimum atomic E-state index is -0.305. The normalized spacial score (nSPS) is 24.9. The van der Waals surface area contributed by atoms with Gasteiger partial charge in [0, 0.05) is 11.5 Å². The lowest BCUT2D eigenvalue weighted by Gasteiger charge is -2.31. The zero-order valence-electron chi connectivity index (χ0n) is 10.3. The number of methoxy groups -OCH3 is 1. The van der Waals surface area contributed by atoms with Gasteiger partial charge in [0.1, 0.15) is 5.75 Å². The Labute approximate surface area is 103 Å². The first-order valence-corrected chi connectivity index (χ1v) is 5.83. The van der Waals surface area contributed by atoms with Gasteiger partial charge in [0.05, 0.1) is 20.3 Å². The number of hydrogen-bond acceptors (Lipinski definition) is 3. The smallest absolute Gasteiger partial charge is 0.183 e. The van der Waals surface area contributed by atoms with Gasteiger partial charge in [-0.2, -0.15) is 0 Å². The molecule has 3 heteroatoms. The molecule has 0 amide bonds. The highest BCUT2D eigenvalue weighted by atomic mass is 16.7. The average molecular weight is 234 g/mol. The van der Waals surface area contributed by atoms with Gasteiger partial charge < -0.3 is 14.2 Å². The third-order valence-electron chi connectivity index (χ3n) is 3.03. The van der Waals surface area contributed by atoms with Crippen molar-refractivity contribution in [2.24, 2.45) is 11.8 Å². The molecule has 1 atom stereocenters. The minimum Gasteiger partial charge on any atom is -0.497 e. The van der Waals surface area contributed by atoms with Crippen molar-refractivity contribution >= 4 is 0 Å². The van der Waals surface area contributed by atoms with E-state index in [1.54, 1.807) is 7.11 Å². The third kappa shape index (κ3) is 2.99. The molecule has 0 bridgehead atoms. The molecule has 0 spiro atoms. The van der Waals surface area contributed by atoms with Gasteiger partial charge in [-0.1, -0.05) is 19.1 Å². The van der Waals surface area contributed by atoms with Crippen molar-refractivity contribution in [1.82, 2.24) is 0 Å². The van der Waals surface area contributed by atoms with E-state index < -0.39 is 0 Å². The predicted octanol–water partition coefficient (Wildman–Crippen LogP) is 2.70. The lowest BCUT2D eigenvalue weighted by Crippen LogP contribution is -2.30. The zero-order chi connectivity index (χ0) is 12.3. The highest BCUT2D eigenvalue weighted by Crippen LogP contribution is 2.29. The summed E-state index contributed by atoms with van der Waals surface area (Å²) in [5.74, 6) is 1.18. The van der Waals surface area contributed by atoms with E-state index in [0.717, 1.165) is 11.3 Å². The molecule has 1 aliphatic rings. The van der Waals surface area contributed by atoms with Gasteiger partial charge in [-0.3, -0.25) is 0 Å². The van der Waals surface area contributed by atoms with E-state index in [9.17, 15) is 0 Å². The maximum absolute atomic E-state index is 5.82. The summed E-state index contributed by atoms with van der Waals surface area (Å²) in [4.78, 5) is 0. The molecule has 2 radical (unpaired) electrons. The van der Waals surface area contributed by atoms with E-state index >= 15 is 0 Å². The van der Waals surface area contributed by atoms with E-state index in [0.29, 0.717) is 13.2 Å². The van der Waals surface area contributed by atoms with Gasteiger partial charge in [0.25, 0.3) is 0 Å². The molecule has 1 heterocycles.